The molecule has 0 saturated heterocycles. The zero-order valence-electron chi connectivity index (χ0n) is 6.57. The Kier molecular flexibility index (Phi) is 1.55. The molecule has 0 spiro atoms. The van der Waals surface area contributed by atoms with Crippen LogP contribution in [0.4, 0.5) is 9.18 Å². The summed E-state index contributed by atoms with van der Waals surface area (Å²) >= 11 is 0. The van der Waals surface area contributed by atoms with Crippen LogP contribution in [0.25, 0.3) is 10.9 Å². The third-order valence-electron chi connectivity index (χ3n) is 1.86. The molecular formula is C9H6FNO2. The van der Waals surface area contributed by atoms with Gasteiger partial charge in [0.15, 0.2) is 0 Å². The zero-order chi connectivity index (χ0) is 9.42. The van der Waals surface area contributed by atoms with Crippen LogP contribution in [0.2, 0.25) is 0 Å². The van der Waals surface area contributed by atoms with Gasteiger partial charge in [-0.25, -0.2) is 9.18 Å². The molecule has 0 fully saturated rings. The summed E-state index contributed by atoms with van der Waals surface area (Å²) in [6.45, 7) is 0. The topological polar surface area (TPSA) is 42.2 Å². The van der Waals surface area contributed by atoms with Crippen molar-refractivity contribution in [2.24, 2.45) is 0 Å². The quantitative estimate of drug-likeness (QED) is 0.674. The highest BCUT2D eigenvalue weighted by atomic mass is 19.1. The van der Waals surface area contributed by atoms with Crippen molar-refractivity contribution < 1.29 is 14.3 Å². The summed E-state index contributed by atoms with van der Waals surface area (Å²) in [5, 5.41) is 9.30. The number of halogens is 1. The van der Waals surface area contributed by atoms with Gasteiger partial charge in [-0.15, -0.1) is 0 Å². The Morgan fingerprint density at radius 1 is 1.38 bits per heavy atom. The van der Waals surface area contributed by atoms with Gasteiger partial charge in [-0.3, -0.25) is 4.57 Å². The minimum absolute atomic E-state index is 0.365. The number of fused-ring (bicyclic) bond motifs is 1. The Morgan fingerprint density at radius 3 is 2.85 bits per heavy atom. The monoisotopic (exact) mass is 179 g/mol. The summed E-state index contributed by atoms with van der Waals surface area (Å²) in [5.74, 6) is -0.365. The first-order valence-corrected chi connectivity index (χ1v) is 3.68. The Hall–Kier alpha value is -1.84. The largest absolute Gasteiger partial charge is 0.464 e. The lowest BCUT2D eigenvalue weighted by Crippen LogP contribution is -2.05. The van der Waals surface area contributed by atoms with Gasteiger partial charge in [0.1, 0.15) is 5.82 Å². The van der Waals surface area contributed by atoms with Crippen molar-refractivity contribution >= 4 is 17.0 Å². The second-order valence-corrected chi connectivity index (χ2v) is 2.67. The highest BCUT2D eigenvalue weighted by Gasteiger charge is 2.06. The molecule has 0 saturated carbocycles. The standard InChI is InChI=1S/C9H6FNO2/c10-7-1-2-8-6(5-7)3-4-11(8)9(12)13/h1-5H,(H,12,13). The van der Waals surface area contributed by atoms with E-state index in [0.29, 0.717) is 10.9 Å². The highest BCUT2D eigenvalue weighted by Crippen LogP contribution is 2.16. The van der Waals surface area contributed by atoms with E-state index < -0.39 is 6.09 Å². The number of carbonyl (C=O) groups is 1. The number of rotatable bonds is 0. The van der Waals surface area contributed by atoms with Crippen molar-refractivity contribution in [3.8, 4) is 0 Å². The van der Waals surface area contributed by atoms with Gasteiger partial charge in [-0.1, -0.05) is 0 Å². The average molecular weight is 179 g/mol. The molecule has 13 heavy (non-hydrogen) atoms. The summed E-state index contributed by atoms with van der Waals surface area (Å²) in [4.78, 5) is 10.6. The van der Waals surface area contributed by atoms with E-state index in [1.165, 1.54) is 24.4 Å². The van der Waals surface area contributed by atoms with Crippen LogP contribution in [-0.4, -0.2) is 15.8 Å². The smallest absolute Gasteiger partial charge is 0.415 e. The molecule has 4 heteroatoms. The van der Waals surface area contributed by atoms with E-state index in [4.69, 9.17) is 5.11 Å². The number of hydrogen-bond donors (Lipinski definition) is 1. The molecule has 0 aliphatic carbocycles. The Bertz CT molecular complexity index is 475. The summed E-state index contributed by atoms with van der Waals surface area (Å²) in [6, 6.07) is 5.54. The van der Waals surface area contributed by atoms with Crippen molar-refractivity contribution in [1.82, 2.24) is 4.57 Å². The normalized spacial score (nSPS) is 10.5. The maximum atomic E-state index is 12.7. The van der Waals surface area contributed by atoms with Crippen molar-refractivity contribution in [3.05, 3.63) is 36.3 Å². The van der Waals surface area contributed by atoms with Crippen LogP contribution in [0.1, 0.15) is 0 Å². The number of nitrogens with zero attached hydrogens (tertiary/aromatic N) is 1. The summed E-state index contributed by atoms with van der Waals surface area (Å²) < 4.78 is 13.7. The second-order valence-electron chi connectivity index (χ2n) is 2.67. The first-order chi connectivity index (χ1) is 6.18. The van der Waals surface area contributed by atoms with Crippen molar-refractivity contribution in [1.29, 1.82) is 0 Å². The van der Waals surface area contributed by atoms with E-state index in [2.05, 4.69) is 0 Å². The first-order valence-electron chi connectivity index (χ1n) is 3.68. The van der Waals surface area contributed by atoms with E-state index in [1.807, 2.05) is 0 Å². The molecule has 0 radical (unpaired) electrons. The Morgan fingerprint density at radius 2 is 2.15 bits per heavy atom. The number of aromatic nitrogens is 1. The zero-order valence-corrected chi connectivity index (χ0v) is 6.57. The number of hydrogen-bond acceptors (Lipinski definition) is 1. The lowest BCUT2D eigenvalue weighted by molar-refractivity contribution is 0.197. The molecular weight excluding hydrogens is 173 g/mol. The van der Waals surface area contributed by atoms with Crippen LogP contribution in [0.15, 0.2) is 30.5 Å². The lowest BCUT2D eigenvalue weighted by atomic mass is 10.2. The van der Waals surface area contributed by atoms with Gasteiger partial charge < -0.3 is 5.11 Å². The fourth-order valence-electron chi connectivity index (χ4n) is 1.28. The molecule has 3 nitrogen and oxygen atoms in total. The van der Waals surface area contributed by atoms with Gasteiger partial charge in [0.05, 0.1) is 5.52 Å². The van der Waals surface area contributed by atoms with Crippen molar-refractivity contribution in [2.45, 2.75) is 0 Å². The van der Waals surface area contributed by atoms with Crippen LogP contribution >= 0.6 is 0 Å². The fourth-order valence-corrected chi connectivity index (χ4v) is 1.28. The van der Waals surface area contributed by atoms with E-state index in [9.17, 15) is 9.18 Å². The second kappa shape index (κ2) is 2.58. The maximum absolute atomic E-state index is 12.7. The molecule has 2 aromatic rings. The predicted molar refractivity (Wildman–Crippen MR) is 45.3 cm³/mol. The summed E-state index contributed by atoms with van der Waals surface area (Å²) in [6.07, 6.45) is 0.327. The minimum atomic E-state index is -1.07. The average Bonchev–Trinajstić information content (AvgIpc) is 2.46. The van der Waals surface area contributed by atoms with Gasteiger partial charge >= 0.3 is 6.09 Å². The number of benzene rings is 1. The van der Waals surface area contributed by atoms with Crippen LogP contribution in [0.3, 0.4) is 0 Å². The molecule has 1 aromatic carbocycles. The van der Waals surface area contributed by atoms with Gasteiger partial charge in [0, 0.05) is 11.6 Å². The maximum Gasteiger partial charge on any atom is 0.415 e. The van der Waals surface area contributed by atoms with Gasteiger partial charge in [0.25, 0.3) is 0 Å². The SMILES string of the molecule is O=C(O)n1ccc2cc(F)ccc21. The fraction of sp³-hybridized carbons (Fsp3) is 0. The third-order valence-corrected chi connectivity index (χ3v) is 1.86. The molecule has 0 aliphatic rings. The van der Waals surface area contributed by atoms with Crippen molar-refractivity contribution in [3.63, 3.8) is 0 Å². The van der Waals surface area contributed by atoms with Crippen LogP contribution < -0.4 is 0 Å². The van der Waals surface area contributed by atoms with Gasteiger partial charge in [-0.05, 0) is 24.3 Å². The molecule has 0 aliphatic heterocycles. The minimum Gasteiger partial charge on any atom is -0.464 e. The Labute approximate surface area is 73.0 Å². The molecule has 0 amide bonds. The molecule has 1 N–H and O–H groups in total. The molecule has 1 heterocycles. The van der Waals surface area contributed by atoms with Crippen LogP contribution in [-0.2, 0) is 0 Å². The molecule has 0 bridgehead atoms. The lowest BCUT2D eigenvalue weighted by Gasteiger charge is -1.96. The summed E-state index contributed by atoms with van der Waals surface area (Å²) in [7, 11) is 0. The molecule has 66 valence electrons. The van der Waals surface area contributed by atoms with Crippen molar-refractivity contribution in [2.75, 3.05) is 0 Å². The molecule has 2 rings (SSSR count). The summed E-state index contributed by atoms with van der Waals surface area (Å²) in [5.41, 5.74) is 0.494. The van der Waals surface area contributed by atoms with Gasteiger partial charge in [0.2, 0.25) is 0 Å². The van der Waals surface area contributed by atoms with E-state index in [0.717, 1.165) is 4.57 Å². The third kappa shape index (κ3) is 1.16. The van der Waals surface area contributed by atoms with E-state index >= 15 is 0 Å². The van der Waals surface area contributed by atoms with Crippen LogP contribution in [0.5, 0.6) is 0 Å². The Balaban J connectivity index is 2.76. The first kappa shape index (κ1) is 7.79. The van der Waals surface area contributed by atoms with E-state index in [1.54, 1.807) is 6.07 Å². The van der Waals surface area contributed by atoms with Crippen LogP contribution in [0, 0.1) is 5.82 Å². The highest BCUT2D eigenvalue weighted by molar-refractivity contribution is 5.88. The predicted octanol–water partition coefficient (Wildman–Crippen LogP) is 2.31. The number of carboxylic acid groups (broad SMARTS) is 1. The molecule has 0 atom stereocenters. The van der Waals surface area contributed by atoms with Gasteiger partial charge in [-0.2, -0.15) is 0 Å². The molecule has 1 aromatic heterocycles. The van der Waals surface area contributed by atoms with E-state index in [-0.39, 0.29) is 5.82 Å². The molecule has 0 unspecified atom stereocenters.